The summed E-state index contributed by atoms with van der Waals surface area (Å²) in [5.41, 5.74) is 0. The van der Waals surface area contributed by atoms with Crippen LogP contribution in [0.1, 0.15) is 19.8 Å². The van der Waals surface area contributed by atoms with Crippen LogP contribution in [0, 0.1) is 5.92 Å². The molecule has 1 atom stereocenters. The molecule has 4 heteroatoms. The van der Waals surface area contributed by atoms with Gasteiger partial charge in [0.1, 0.15) is 0 Å². The van der Waals surface area contributed by atoms with Crippen LogP contribution in [0.3, 0.4) is 0 Å². The van der Waals surface area contributed by atoms with Crippen molar-refractivity contribution in [3.8, 4) is 0 Å². The minimum Gasteiger partial charge on any atom is -0.479 e. The van der Waals surface area contributed by atoms with Crippen molar-refractivity contribution in [1.82, 2.24) is 4.90 Å². The van der Waals surface area contributed by atoms with Gasteiger partial charge in [0.15, 0.2) is 6.10 Å². The van der Waals surface area contributed by atoms with Gasteiger partial charge >= 0.3 is 5.97 Å². The molecule has 0 aromatic carbocycles. The molecule has 1 heterocycles. The van der Waals surface area contributed by atoms with Gasteiger partial charge in [-0.1, -0.05) is 6.92 Å². The number of ether oxygens (including phenoxy) is 1. The highest BCUT2D eigenvalue weighted by atomic mass is 16.5. The van der Waals surface area contributed by atoms with Gasteiger partial charge in [-0.15, -0.1) is 0 Å². The van der Waals surface area contributed by atoms with Crippen LogP contribution in [0.2, 0.25) is 0 Å². The van der Waals surface area contributed by atoms with Gasteiger partial charge in [-0.2, -0.15) is 0 Å². The lowest BCUT2D eigenvalue weighted by Gasteiger charge is -2.31. The molecule has 82 valence electrons. The second-order valence-electron chi connectivity index (χ2n) is 4.05. The Morgan fingerprint density at radius 1 is 1.57 bits per heavy atom. The molecule has 1 saturated heterocycles. The third-order valence-corrected chi connectivity index (χ3v) is 2.86. The summed E-state index contributed by atoms with van der Waals surface area (Å²) < 4.78 is 4.90. The molecule has 1 aliphatic rings. The fourth-order valence-corrected chi connectivity index (χ4v) is 1.73. The van der Waals surface area contributed by atoms with Crippen LogP contribution < -0.4 is 0 Å². The quantitative estimate of drug-likeness (QED) is 0.731. The number of piperidine rings is 1. The van der Waals surface area contributed by atoms with E-state index in [1.54, 1.807) is 0 Å². The van der Waals surface area contributed by atoms with Crippen molar-refractivity contribution in [3.05, 3.63) is 0 Å². The number of carboxylic acids is 1. The summed E-state index contributed by atoms with van der Waals surface area (Å²) in [5.74, 6) is -0.0943. The maximum atomic E-state index is 10.7. The molecule has 1 rings (SSSR count). The Hall–Kier alpha value is -0.610. The minimum absolute atomic E-state index is 0.512. The van der Waals surface area contributed by atoms with Gasteiger partial charge in [0.25, 0.3) is 0 Å². The zero-order valence-corrected chi connectivity index (χ0v) is 8.90. The molecule has 0 aliphatic carbocycles. The van der Waals surface area contributed by atoms with Gasteiger partial charge in [0.2, 0.25) is 0 Å². The van der Waals surface area contributed by atoms with E-state index in [1.165, 1.54) is 7.11 Å². The predicted octanol–water partition coefficient (Wildman–Crippen LogP) is 0.818. The zero-order chi connectivity index (χ0) is 10.6. The fourth-order valence-electron chi connectivity index (χ4n) is 1.73. The molecule has 0 bridgehead atoms. The maximum absolute atomic E-state index is 10.7. The molecule has 0 amide bonds. The largest absolute Gasteiger partial charge is 0.479 e. The summed E-state index contributed by atoms with van der Waals surface area (Å²) in [5, 5.41) is 8.80. The molecular weight excluding hydrogens is 182 g/mol. The van der Waals surface area contributed by atoms with Crippen LogP contribution >= 0.6 is 0 Å². The molecule has 1 aliphatic heterocycles. The Morgan fingerprint density at radius 3 is 2.57 bits per heavy atom. The standard InChI is InChI=1S/C10H19NO3/c1-8-3-5-11(6-4-8)7-9(14-2)10(12)13/h8-9H,3-7H2,1-2H3,(H,12,13). The van der Waals surface area contributed by atoms with Crippen LogP contribution in [-0.4, -0.2) is 48.8 Å². The van der Waals surface area contributed by atoms with Gasteiger partial charge in [-0.05, 0) is 31.8 Å². The van der Waals surface area contributed by atoms with Crippen molar-refractivity contribution in [2.75, 3.05) is 26.7 Å². The van der Waals surface area contributed by atoms with Gasteiger partial charge in [-0.25, -0.2) is 4.79 Å². The monoisotopic (exact) mass is 201 g/mol. The summed E-state index contributed by atoms with van der Waals surface area (Å²) in [7, 11) is 1.45. The van der Waals surface area contributed by atoms with Crippen LogP contribution in [0.4, 0.5) is 0 Å². The second-order valence-corrected chi connectivity index (χ2v) is 4.05. The van der Waals surface area contributed by atoms with Crippen LogP contribution in [0.25, 0.3) is 0 Å². The van der Waals surface area contributed by atoms with Crippen molar-refractivity contribution in [2.45, 2.75) is 25.9 Å². The molecule has 14 heavy (non-hydrogen) atoms. The van der Waals surface area contributed by atoms with E-state index < -0.39 is 12.1 Å². The molecular formula is C10H19NO3. The minimum atomic E-state index is -0.869. The molecule has 1 fully saturated rings. The number of carboxylic acid groups (broad SMARTS) is 1. The summed E-state index contributed by atoms with van der Waals surface area (Å²) >= 11 is 0. The van der Waals surface area contributed by atoms with Crippen molar-refractivity contribution < 1.29 is 14.6 Å². The lowest BCUT2D eigenvalue weighted by Crippen LogP contribution is -2.42. The SMILES string of the molecule is COC(CN1CCC(C)CC1)C(=O)O. The van der Waals surface area contributed by atoms with E-state index in [0.29, 0.717) is 6.54 Å². The number of methoxy groups -OCH3 is 1. The first-order valence-corrected chi connectivity index (χ1v) is 5.11. The van der Waals surface area contributed by atoms with E-state index in [2.05, 4.69) is 11.8 Å². The summed E-state index contributed by atoms with van der Waals surface area (Å²) in [4.78, 5) is 12.9. The first-order valence-electron chi connectivity index (χ1n) is 5.11. The number of hydrogen-bond acceptors (Lipinski definition) is 3. The highest BCUT2D eigenvalue weighted by molar-refractivity contribution is 5.72. The van der Waals surface area contributed by atoms with Crippen LogP contribution in [0.15, 0.2) is 0 Å². The predicted molar refractivity (Wildman–Crippen MR) is 53.3 cm³/mol. The van der Waals surface area contributed by atoms with Crippen molar-refractivity contribution in [3.63, 3.8) is 0 Å². The summed E-state index contributed by atoms with van der Waals surface area (Å²) in [6.45, 7) is 4.74. The fraction of sp³-hybridized carbons (Fsp3) is 0.900. The van der Waals surface area contributed by atoms with E-state index in [4.69, 9.17) is 9.84 Å². The van der Waals surface area contributed by atoms with E-state index in [0.717, 1.165) is 31.8 Å². The maximum Gasteiger partial charge on any atom is 0.334 e. The van der Waals surface area contributed by atoms with Crippen molar-refractivity contribution in [2.24, 2.45) is 5.92 Å². The summed E-state index contributed by atoms with van der Waals surface area (Å²) in [6, 6.07) is 0. The molecule has 0 radical (unpaired) electrons. The number of nitrogens with zero attached hydrogens (tertiary/aromatic N) is 1. The highest BCUT2D eigenvalue weighted by Crippen LogP contribution is 2.16. The van der Waals surface area contributed by atoms with E-state index >= 15 is 0 Å². The Kier molecular flexibility index (Phi) is 4.35. The van der Waals surface area contributed by atoms with Gasteiger partial charge < -0.3 is 14.7 Å². The molecule has 1 N–H and O–H groups in total. The van der Waals surface area contributed by atoms with Gasteiger partial charge in [0.05, 0.1) is 0 Å². The Morgan fingerprint density at radius 2 is 2.14 bits per heavy atom. The molecule has 4 nitrogen and oxygen atoms in total. The van der Waals surface area contributed by atoms with Gasteiger partial charge in [-0.3, -0.25) is 0 Å². The average molecular weight is 201 g/mol. The molecule has 0 aromatic rings. The molecule has 0 aromatic heterocycles. The number of carbonyl (C=O) groups is 1. The lowest BCUT2D eigenvalue weighted by atomic mass is 9.99. The second kappa shape index (κ2) is 5.32. The van der Waals surface area contributed by atoms with Crippen molar-refractivity contribution >= 4 is 5.97 Å². The molecule has 0 spiro atoms. The third kappa shape index (κ3) is 3.27. The number of aliphatic carboxylic acids is 1. The number of rotatable bonds is 4. The van der Waals surface area contributed by atoms with Crippen molar-refractivity contribution in [1.29, 1.82) is 0 Å². The third-order valence-electron chi connectivity index (χ3n) is 2.86. The van der Waals surface area contributed by atoms with Crippen LogP contribution in [0.5, 0.6) is 0 Å². The Balaban J connectivity index is 2.32. The normalized spacial score (nSPS) is 22.1. The van der Waals surface area contributed by atoms with E-state index in [1.807, 2.05) is 0 Å². The van der Waals surface area contributed by atoms with E-state index in [9.17, 15) is 4.79 Å². The smallest absolute Gasteiger partial charge is 0.334 e. The Bertz CT molecular complexity index is 188. The zero-order valence-electron chi connectivity index (χ0n) is 8.90. The first-order chi connectivity index (χ1) is 6.63. The number of hydrogen-bond donors (Lipinski definition) is 1. The molecule has 0 saturated carbocycles. The average Bonchev–Trinajstić information content (AvgIpc) is 2.16. The molecule has 1 unspecified atom stereocenters. The Labute approximate surface area is 84.8 Å². The topological polar surface area (TPSA) is 49.8 Å². The number of likely N-dealkylation sites (tertiary alicyclic amines) is 1. The highest BCUT2D eigenvalue weighted by Gasteiger charge is 2.23. The first kappa shape index (κ1) is 11.5. The van der Waals surface area contributed by atoms with E-state index in [-0.39, 0.29) is 0 Å². The lowest BCUT2D eigenvalue weighted by molar-refractivity contribution is -0.149. The summed E-state index contributed by atoms with van der Waals surface area (Å²) in [6.07, 6.45) is 1.65. The van der Waals surface area contributed by atoms with Gasteiger partial charge in [0, 0.05) is 13.7 Å². The van der Waals surface area contributed by atoms with Crippen LogP contribution in [-0.2, 0) is 9.53 Å².